The van der Waals surface area contributed by atoms with E-state index in [9.17, 15) is 9.59 Å². The Labute approximate surface area is 125 Å². The zero-order valence-corrected chi connectivity index (χ0v) is 11.6. The summed E-state index contributed by atoms with van der Waals surface area (Å²) < 4.78 is 0. The molecular formula is C18H12N2O2. The summed E-state index contributed by atoms with van der Waals surface area (Å²) in [7, 11) is 0. The smallest absolute Gasteiger partial charge is 0.257 e. The lowest BCUT2D eigenvalue weighted by Gasteiger charge is -2.06. The molecule has 0 spiro atoms. The second-order valence-corrected chi connectivity index (χ2v) is 5.16. The van der Waals surface area contributed by atoms with Crippen LogP contribution in [-0.4, -0.2) is 9.97 Å². The minimum absolute atomic E-state index is 0.111. The molecule has 2 N–H and O–H groups in total. The number of rotatable bonds is 1. The largest absolute Gasteiger partial charge is 0.340 e. The number of nitrogens with one attached hydrogen (secondary N) is 2. The maximum absolute atomic E-state index is 12.6. The predicted octanol–water partition coefficient (Wildman–Crippen LogP) is 3.04. The minimum atomic E-state index is -0.205. The van der Waals surface area contributed by atoms with E-state index in [2.05, 4.69) is 9.97 Å². The quantitative estimate of drug-likeness (QED) is 0.529. The molecule has 0 amide bonds. The molecule has 0 unspecified atom stereocenters. The van der Waals surface area contributed by atoms with Crippen LogP contribution in [0.25, 0.3) is 33.1 Å². The fourth-order valence-corrected chi connectivity index (χ4v) is 2.77. The average Bonchev–Trinajstić information content (AvgIpc) is 2.55. The Kier molecular flexibility index (Phi) is 2.69. The van der Waals surface area contributed by atoms with Crippen molar-refractivity contribution in [3.8, 4) is 11.3 Å². The first-order valence-corrected chi connectivity index (χ1v) is 6.97. The number of hydrogen-bond donors (Lipinski definition) is 2. The molecule has 4 heteroatoms. The van der Waals surface area contributed by atoms with Crippen molar-refractivity contribution in [2.45, 2.75) is 0 Å². The van der Waals surface area contributed by atoms with Gasteiger partial charge < -0.3 is 9.97 Å². The van der Waals surface area contributed by atoms with Crippen LogP contribution in [0, 0.1) is 0 Å². The van der Waals surface area contributed by atoms with E-state index in [4.69, 9.17) is 0 Å². The van der Waals surface area contributed by atoms with Gasteiger partial charge in [-0.3, -0.25) is 9.59 Å². The van der Waals surface area contributed by atoms with E-state index in [0.717, 1.165) is 5.56 Å². The molecule has 0 saturated carbocycles. The number of aromatic amines is 2. The molecule has 0 atom stereocenters. The Morgan fingerprint density at radius 3 is 2.18 bits per heavy atom. The summed E-state index contributed by atoms with van der Waals surface area (Å²) in [6.07, 6.45) is 0. The van der Waals surface area contributed by atoms with Gasteiger partial charge in [-0.1, -0.05) is 48.5 Å². The van der Waals surface area contributed by atoms with Crippen LogP contribution in [0.5, 0.6) is 0 Å². The molecule has 22 heavy (non-hydrogen) atoms. The molecule has 106 valence electrons. The number of H-pyrrole nitrogens is 2. The molecule has 0 aliphatic rings. The second-order valence-electron chi connectivity index (χ2n) is 5.16. The van der Waals surface area contributed by atoms with E-state index in [1.807, 2.05) is 36.4 Å². The molecule has 0 fully saturated rings. The van der Waals surface area contributed by atoms with Crippen molar-refractivity contribution in [1.29, 1.82) is 0 Å². The molecule has 4 nitrogen and oxygen atoms in total. The highest BCUT2D eigenvalue weighted by Gasteiger charge is 2.10. The monoisotopic (exact) mass is 288 g/mol. The number of fused-ring (bicyclic) bond motifs is 3. The third-order valence-electron chi connectivity index (χ3n) is 3.80. The van der Waals surface area contributed by atoms with Crippen molar-refractivity contribution in [3.05, 3.63) is 81.2 Å². The number of hydrogen-bond acceptors (Lipinski definition) is 2. The van der Waals surface area contributed by atoms with Crippen molar-refractivity contribution in [2.75, 3.05) is 0 Å². The fraction of sp³-hybridized carbons (Fsp3) is 0. The van der Waals surface area contributed by atoms with Crippen molar-refractivity contribution in [3.63, 3.8) is 0 Å². The fourth-order valence-electron chi connectivity index (χ4n) is 2.77. The topological polar surface area (TPSA) is 65.7 Å². The summed E-state index contributed by atoms with van der Waals surface area (Å²) in [5, 5.41) is 1.70. The van der Waals surface area contributed by atoms with Gasteiger partial charge >= 0.3 is 0 Å². The van der Waals surface area contributed by atoms with Crippen LogP contribution in [-0.2, 0) is 0 Å². The molecule has 0 aliphatic carbocycles. The number of benzene rings is 2. The van der Waals surface area contributed by atoms with Gasteiger partial charge in [0.15, 0.2) is 5.43 Å². The van der Waals surface area contributed by atoms with Crippen molar-refractivity contribution in [2.24, 2.45) is 0 Å². The first kappa shape index (κ1) is 12.6. The van der Waals surface area contributed by atoms with E-state index in [1.54, 1.807) is 24.3 Å². The van der Waals surface area contributed by atoms with Crippen LogP contribution >= 0.6 is 0 Å². The third-order valence-corrected chi connectivity index (χ3v) is 3.80. The third kappa shape index (κ3) is 1.85. The van der Waals surface area contributed by atoms with Crippen LogP contribution in [0.15, 0.2) is 70.3 Å². The summed E-state index contributed by atoms with van der Waals surface area (Å²) in [6.45, 7) is 0. The van der Waals surface area contributed by atoms with Crippen LogP contribution in [0.1, 0.15) is 0 Å². The number of pyridine rings is 2. The summed E-state index contributed by atoms with van der Waals surface area (Å²) >= 11 is 0. The Hall–Kier alpha value is -3.14. The zero-order valence-electron chi connectivity index (χ0n) is 11.6. The van der Waals surface area contributed by atoms with Gasteiger partial charge in [0.1, 0.15) is 5.65 Å². The van der Waals surface area contributed by atoms with Gasteiger partial charge in [0, 0.05) is 16.8 Å². The van der Waals surface area contributed by atoms with Crippen LogP contribution in [0.2, 0.25) is 0 Å². The van der Waals surface area contributed by atoms with Gasteiger partial charge in [0.05, 0.1) is 11.1 Å². The summed E-state index contributed by atoms with van der Waals surface area (Å²) in [4.78, 5) is 30.7. The Morgan fingerprint density at radius 2 is 1.41 bits per heavy atom. The van der Waals surface area contributed by atoms with E-state index < -0.39 is 0 Å². The molecule has 4 rings (SSSR count). The normalized spacial score (nSPS) is 11.1. The van der Waals surface area contributed by atoms with Crippen LogP contribution in [0.4, 0.5) is 0 Å². The Balaban J connectivity index is 2.15. The van der Waals surface area contributed by atoms with Gasteiger partial charge in [0.2, 0.25) is 0 Å². The van der Waals surface area contributed by atoms with Gasteiger partial charge in [-0.05, 0) is 11.6 Å². The van der Waals surface area contributed by atoms with Crippen molar-refractivity contribution >= 4 is 21.8 Å². The molecule has 2 aromatic heterocycles. The molecule has 0 aliphatic heterocycles. The minimum Gasteiger partial charge on any atom is -0.340 e. The molecule has 0 radical (unpaired) electrons. The highest BCUT2D eigenvalue weighted by molar-refractivity contribution is 6.04. The summed E-state index contributed by atoms with van der Waals surface area (Å²) in [6, 6.07) is 18.2. The standard InChI is InChI=1S/C18H12N2O2/c21-15-10-14(11-6-2-1-3-7-11)19-17-16(15)12-8-4-5-9-13(12)18(22)20-17/h1-10H,(H2,19,20,21,22). The lowest BCUT2D eigenvalue weighted by molar-refractivity contribution is 1.25. The Bertz CT molecular complexity index is 1110. The zero-order chi connectivity index (χ0) is 15.1. The Morgan fingerprint density at radius 1 is 0.727 bits per heavy atom. The van der Waals surface area contributed by atoms with Crippen molar-refractivity contribution < 1.29 is 0 Å². The first-order valence-electron chi connectivity index (χ1n) is 6.97. The van der Waals surface area contributed by atoms with Gasteiger partial charge in [0.25, 0.3) is 5.56 Å². The SMILES string of the molecule is O=c1[nH]c2[nH]c(-c3ccccc3)cc(=O)c2c2ccccc12. The number of aromatic nitrogens is 2. The van der Waals surface area contributed by atoms with Crippen LogP contribution in [0.3, 0.4) is 0 Å². The average molecular weight is 288 g/mol. The summed E-state index contributed by atoms with van der Waals surface area (Å²) in [5.41, 5.74) is 1.72. The molecule has 2 aromatic carbocycles. The lowest BCUT2D eigenvalue weighted by Crippen LogP contribution is -2.12. The van der Waals surface area contributed by atoms with Gasteiger partial charge in [-0.15, -0.1) is 0 Å². The van der Waals surface area contributed by atoms with Gasteiger partial charge in [-0.25, -0.2) is 0 Å². The highest BCUT2D eigenvalue weighted by atomic mass is 16.1. The van der Waals surface area contributed by atoms with E-state index in [1.165, 1.54) is 0 Å². The van der Waals surface area contributed by atoms with E-state index >= 15 is 0 Å². The van der Waals surface area contributed by atoms with Gasteiger partial charge in [-0.2, -0.15) is 0 Å². The highest BCUT2D eigenvalue weighted by Crippen LogP contribution is 2.20. The first-order chi connectivity index (χ1) is 10.7. The molecule has 0 bridgehead atoms. The maximum Gasteiger partial charge on any atom is 0.257 e. The predicted molar refractivity (Wildman–Crippen MR) is 88.1 cm³/mol. The lowest BCUT2D eigenvalue weighted by atomic mass is 10.1. The molecular weight excluding hydrogens is 276 g/mol. The molecule has 4 aromatic rings. The van der Waals surface area contributed by atoms with E-state index in [0.29, 0.717) is 27.5 Å². The summed E-state index contributed by atoms with van der Waals surface area (Å²) in [5.74, 6) is 0. The molecule has 2 heterocycles. The van der Waals surface area contributed by atoms with E-state index in [-0.39, 0.29) is 11.0 Å². The van der Waals surface area contributed by atoms with Crippen molar-refractivity contribution in [1.82, 2.24) is 9.97 Å². The van der Waals surface area contributed by atoms with Crippen LogP contribution < -0.4 is 11.0 Å². The second kappa shape index (κ2) is 4.70. The molecule has 0 saturated heterocycles. The maximum atomic E-state index is 12.6.